The first-order valence-corrected chi connectivity index (χ1v) is 8.34. The Labute approximate surface area is 166 Å². The van der Waals surface area contributed by atoms with E-state index in [2.05, 4.69) is 15.6 Å². The zero-order valence-corrected chi connectivity index (χ0v) is 16.6. The molecule has 1 aromatic heterocycles. The van der Waals surface area contributed by atoms with Crippen molar-refractivity contribution >= 4 is 30.7 Å². The van der Waals surface area contributed by atoms with Gasteiger partial charge in [0.1, 0.15) is 5.82 Å². The molecule has 6 nitrogen and oxygen atoms in total. The van der Waals surface area contributed by atoms with Crippen LogP contribution in [-0.4, -0.2) is 41.3 Å². The molecule has 2 aromatic rings. The summed E-state index contributed by atoms with van der Waals surface area (Å²) in [5.74, 6) is 0.992. The maximum atomic E-state index is 12.2. The number of carbonyl (C=O) groups excluding carboxylic acids is 1. The van der Waals surface area contributed by atoms with Crippen LogP contribution in [0.25, 0.3) is 5.69 Å². The Bertz CT molecular complexity index is 685. The molecule has 1 aliphatic rings. The summed E-state index contributed by atoms with van der Waals surface area (Å²) in [5, 5.41) is 6.35. The van der Waals surface area contributed by atoms with Gasteiger partial charge in [-0.15, -0.1) is 24.8 Å². The molecule has 0 saturated carbocycles. The molecule has 2 atom stereocenters. The predicted molar refractivity (Wildman–Crippen MR) is 107 cm³/mol. The van der Waals surface area contributed by atoms with E-state index in [1.54, 1.807) is 6.20 Å². The fourth-order valence-electron chi connectivity index (χ4n) is 2.93. The number of benzene rings is 1. The summed E-state index contributed by atoms with van der Waals surface area (Å²) in [4.78, 5) is 16.4. The van der Waals surface area contributed by atoms with Gasteiger partial charge < -0.3 is 19.9 Å². The van der Waals surface area contributed by atoms with Gasteiger partial charge in [0.2, 0.25) is 5.91 Å². The van der Waals surface area contributed by atoms with Crippen LogP contribution in [0, 0.1) is 6.92 Å². The second-order valence-electron chi connectivity index (χ2n) is 6.16. The lowest BCUT2D eigenvalue weighted by Gasteiger charge is -2.24. The molecule has 2 heterocycles. The van der Waals surface area contributed by atoms with Crippen LogP contribution in [0.1, 0.15) is 30.8 Å². The minimum absolute atomic E-state index is 0. The molecule has 144 valence electrons. The molecule has 1 saturated heterocycles. The van der Waals surface area contributed by atoms with E-state index in [0.717, 1.165) is 30.2 Å². The first-order valence-electron chi connectivity index (χ1n) is 8.34. The van der Waals surface area contributed by atoms with Crippen LogP contribution in [-0.2, 0) is 9.53 Å². The van der Waals surface area contributed by atoms with Gasteiger partial charge in [-0.25, -0.2) is 4.98 Å². The molecule has 1 aromatic carbocycles. The summed E-state index contributed by atoms with van der Waals surface area (Å²) in [5.41, 5.74) is 2.15. The van der Waals surface area contributed by atoms with Crippen LogP contribution in [0.4, 0.5) is 0 Å². The number of amides is 1. The molecule has 0 aliphatic carbocycles. The third-order valence-corrected chi connectivity index (χ3v) is 4.30. The molecule has 1 fully saturated rings. The number of ether oxygens (including phenoxy) is 1. The fourth-order valence-corrected chi connectivity index (χ4v) is 2.93. The lowest BCUT2D eigenvalue weighted by atomic mass is 10.1. The number of nitrogens with one attached hydrogen (secondary N) is 2. The van der Waals surface area contributed by atoms with Crippen molar-refractivity contribution in [2.75, 3.05) is 19.8 Å². The number of aromatic nitrogens is 2. The molecule has 0 radical (unpaired) electrons. The van der Waals surface area contributed by atoms with Gasteiger partial charge in [0.05, 0.1) is 19.3 Å². The van der Waals surface area contributed by atoms with E-state index in [1.807, 2.05) is 48.9 Å². The molecule has 2 N–H and O–H groups in total. The minimum atomic E-state index is -0.0278. The van der Waals surface area contributed by atoms with E-state index >= 15 is 0 Å². The molecular formula is C18H26Cl2N4O2. The van der Waals surface area contributed by atoms with Crippen LogP contribution in [0.2, 0.25) is 0 Å². The van der Waals surface area contributed by atoms with Gasteiger partial charge in [-0.1, -0.05) is 12.1 Å². The largest absolute Gasteiger partial charge is 0.378 e. The van der Waals surface area contributed by atoms with Crippen molar-refractivity contribution in [2.45, 2.75) is 32.4 Å². The number of imidazole rings is 1. The average Bonchev–Trinajstić information content (AvgIpc) is 3.02. The van der Waals surface area contributed by atoms with E-state index in [0.29, 0.717) is 13.0 Å². The zero-order valence-electron chi connectivity index (χ0n) is 15.0. The van der Waals surface area contributed by atoms with Gasteiger partial charge >= 0.3 is 0 Å². The van der Waals surface area contributed by atoms with E-state index in [-0.39, 0.29) is 42.8 Å². The number of halogens is 2. The number of carbonyl (C=O) groups is 1. The van der Waals surface area contributed by atoms with Gasteiger partial charge in [-0.05, 0) is 31.5 Å². The highest BCUT2D eigenvalue weighted by atomic mass is 35.5. The number of aryl methyl sites for hydroxylation is 1. The standard InChI is InChI=1S/C18H24N4O2.2ClH/c1-13(21-18(23)11-16-12-24-10-8-20-16)15-3-5-17(6-4-15)22-9-7-19-14(22)2;;/h3-7,9,13,16,20H,8,10-12H2,1-2H3,(H,21,23);2*1H. The van der Waals surface area contributed by atoms with E-state index in [9.17, 15) is 4.79 Å². The summed E-state index contributed by atoms with van der Waals surface area (Å²) < 4.78 is 7.41. The lowest BCUT2D eigenvalue weighted by molar-refractivity contribution is -0.122. The van der Waals surface area contributed by atoms with Gasteiger partial charge in [0, 0.05) is 37.1 Å². The average molecular weight is 401 g/mol. The number of rotatable bonds is 5. The highest BCUT2D eigenvalue weighted by Crippen LogP contribution is 2.17. The molecule has 26 heavy (non-hydrogen) atoms. The number of hydrogen-bond acceptors (Lipinski definition) is 4. The molecule has 0 spiro atoms. The van der Waals surface area contributed by atoms with Crippen molar-refractivity contribution in [3.05, 3.63) is 48.0 Å². The van der Waals surface area contributed by atoms with Crippen LogP contribution in [0.3, 0.4) is 0 Å². The molecule has 0 bridgehead atoms. The van der Waals surface area contributed by atoms with Gasteiger partial charge in [0.15, 0.2) is 0 Å². The van der Waals surface area contributed by atoms with Crippen molar-refractivity contribution in [3.63, 3.8) is 0 Å². The Morgan fingerprint density at radius 3 is 2.69 bits per heavy atom. The Kier molecular flexibility index (Phi) is 9.08. The quantitative estimate of drug-likeness (QED) is 0.808. The van der Waals surface area contributed by atoms with E-state index in [4.69, 9.17) is 4.74 Å². The zero-order chi connectivity index (χ0) is 16.9. The second-order valence-corrected chi connectivity index (χ2v) is 6.16. The Hall–Kier alpha value is -1.60. The van der Waals surface area contributed by atoms with Crippen molar-refractivity contribution in [2.24, 2.45) is 0 Å². The monoisotopic (exact) mass is 400 g/mol. The van der Waals surface area contributed by atoms with Crippen molar-refractivity contribution < 1.29 is 9.53 Å². The summed E-state index contributed by atoms with van der Waals surface area (Å²) in [7, 11) is 0. The third kappa shape index (κ3) is 5.71. The molecule has 1 amide bonds. The van der Waals surface area contributed by atoms with Gasteiger partial charge in [-0.2, -0.15) is 0 Å². The second kappa shape index (κ2) is 10.5. The number of hydrogen-bond donors (Lipinski definition) is 2. The van der Waals surface area contributed by atoms with Crippen molar-refractivity contribution in [3.8, 4) is 5.69 Å². The van der Waals surface area contributed by atoms with E-state index < -0.39 is 0 Å². The first-order chi connectivity index (χ1) is 11.6. The van der Waals surface area contributed by atoms with Crippen LogP contribution in [0.15, 0.2) is 36.7 Å². The summed E-state index contributed by atoms with van der Waals surface area (Å²) in [6, 6.07) is 8.26. The molecule has 8 heteroatoms. The van der Waals surface area contributed by atoms with Crippen LogP contribution < -0.4 is 10.6 Å². The van der Waals surface area contributed by atoms with E-state index in [1.165, 1.54) is 0 Å². The van der Waals surface area contributed by atoms with Gasteiger partial charge in [-0.3, -0.25) is 4.79 Å². The Balaban J connectivity index is 0.00000169. The smallest absolute Gasteiger partial charge is 0.222 e. The summed E-state index contributed by atoms with van der Waals surface area (Å²) in [6.45, 7) is 6.10. The number of morpholine rings is 1. The van der Waals surface area contributed by atoms with Crippen molar-refractivity contribution in [1.82, 2.24) is 20.2 Å². The highest BCUT2D eigenvalue weighted by molar-refractivity contribution is 5.85. The SMILES string of the molecule is Cc1nccn1-c1ccc(C(C)NC(=O)CC2COCCN2)cc1.Cl.Cl. The maximum Gasteiger partial charge on any atom is 0.222 e. The first kappa shape index (κ1) is 22.4. The maximum absolute atomic E-state index is 12.2. The molecule has 2 unspecified atom stereocenters. The topological polar surface area (TPSA) is 68.2 Å². The van der Waals surface area contributed by atoms with Crippen LogP contribution in [0.5, 0.6) is 0 Å². The molecule has 3 rings (SSSR count). The Morgan fingerprint density at radius 2 is 2.12 bits per heavy atom. The third-order valence-electron chi connectivity index (χ3n) is 4.30. The van der Waals surface area contributed by atoms with Gasteiger partial charge in [0.25, 0.3) is 0 Å². The minimum Gasteiger partial charge on any atom is -0.378 e. The molecular weight excluding hydrogens is 375 g/mol. The Morgan fingerprint density at radius 1 is 1.38 bits per heavy atom. The highest BCUT2D eigenvalue weighted by Gasteiger charge is 2.18. The lowest BCUT2D eigenvalue weighted by Crippen LogP contribution is -2.44. The van der Waals surface area contributed by atoms with Crippen LogP contribution >= 0.6 is 24.8 Å². The van der Waals surface area contributed by atoms with Crippen molar-refractivity contribution in [1.29, 1.82) is 0 Å². The number of nitrogens with zero attached hydrogens (tertiary/aromatic N) is 2. The predicted octanol–water partition coefficient (Wildman–Crippen LogP) is 2.58. The molecule has 1 aliphatic heterocycles. The fraction of sp³-hybridized carbons (Fsp3) is 0.444. The summed E-state index contributed by atoms with van der Waals surface area (Å²) in [6.07, 6.45) is 4.17. The summed E-state index contributed by atoms with van der Waals surface area (Å²) >= 11 is 0. The normalized spacial score (nSPS) is 17.5.